The van der Waals surface area contributed by atoms with Gasteiger partial charge in [-0.2, -0.15) is 0 Å². The minimum absolute atomic E-state index is 0.273. The van der Waals surface area contributed by atoms with Gasteiger partial charge in [-0.1, -0.05) is 60.7 Å². The second kappa shape index (κ2) is 7.45. The number of carbonyl (C=O) groups is 4. The Morgan fingerprint density at radius 3 is 1.82 bits per heavy atom. The Bertz CT molecular complexity index is 1440. The molecule has 0 saturated carbocycles. The lowest BCUT2D eigenvalue weighted by molar-refractivity contribution is -0.456. The molecule has 3 aliphatic heterocycles. The number of carbonyl (C=O) groups excluding carboxylic acids is 4. The van der Waals surface area contributed by atoms with Crippen molar-refractivity contribution in [1.29, 1.82) is 0 Å². The summed E-state index contributed by atoms with van der Waals surface area (Å²) in [5.41, 5.74) is 3.25. The third-order valence-corrected chi connectivity index (χ3v) is 6.40. The van der Waals surface area contributed by atoms with Crippen molar-refractivity contribution < 1.29 is 23.8 Å². The zero-order valence-corrected chi connectivity index (χ0v) is 17.9. The van der Waals surface area contributed by atoms with Gasteiger partial charge in [0.15, 0.2) is 5.92 Å². The van der Waals surface area contributed by atoms with Crippen LogP contribution in [-0.4, -0.2) is 45.5 Å². The van der Waals surface area contributed by atoms with Crippen LogP contribution in [-0.2, 0) is 9.59 Å². The minimum atomic E-state index is -0.833. The third kappa shape index (κ3) is 2.80. The maximum absolute atomic E-state index is 13.8. The van der Waals surface area contributed by atoms with Gasteiger partial charge >= 0.3 is 5.91 Å². The summed E-state index contributed by atoms with van der Waals surface area (Å²) in [4.78, 5) is 54.0. The molecule has 0 aromatic heterocycles. The fraction of sp³-hybridized carbons (Fsp3) is 0.0741. The van der Waals surface area contributed by atoms with E-state index in [1.807, 2.05) is 60.7 Å². The van der Waals surface area contributed by atoms with E-state index < -0.39 is 23.6 Å². The van der Waals surface area contributed by atoms with Crippen molar-refractivity contribution >= 4 is 35.0 Å². The van der Waals surface area contributed by atoms with E-state index in [2.05, 4.69) is 5.32 Å². The number of imide groups is 1. The van der Waals surface area contributed by atoms with Crippen molar-refractivity contribution in [2.75, 3.05) is 6.67 Å². The average molecular weight is 448 g/mol. The Hall–Kier alpha value is -4.65. The molecule has 0 bridgehead atoms. The molecule has 7 heteroatoms. The molecule has 6 rings (SSSR count). The average Bonchev–Trinajstić information content (AvgIpc) is 3.45. The monoisotopic (exact) mass is 448 g/mol. The van der Waals surface area contributed by atoms with Crippen molar-refractivity contribution in [3.63, 3.8) is 0 Å². The largest absolute Gasteiger partial charge is 0.420 e. The Morgan fingerprint density at radius 2 is 1.24 bits per heavy atom. The molecule has 1 atom stereocenters. The summed E-state index contributed by atoms with van der Waals surface area (Å²) in [6, 6.07) is 24.9. The van der Waals surface area contributed by atoms with Crippen LogP contribution < -0.4 is 5.32 Å². The second-order valence-corrected chi connectivity index (χ2v) is 8.29. The zero-order valence-electron chi connectivity index (χ0n) is 17.9. The standard InChI is InChI=1S/C27H17N3O4/c31-24-21-20(22(28-24)16-9-3-1-4-10-16)27(34)29(23(21)17-11-5-2-6-12-17)15-30-25(32)18-13-7-8-14-19(18)26(30)33/h1-14,21H,15H2/p+1. The summed E-state index contributed by atoms with van der Waals surface area (Å²) in [5, 5.41) is 2.87. The van der Waals surface area contributed by atoms with Crippen LogP contribution in [0.25, 0.3) is 5.70 Å². The van der Waals surface area contributed by atoms with Crippen LogP contribution >= 0.6 is 0 Å². The highest BCUT2D eigenvalue weighted by atomic mass is 16.2. The van der Waals surface area contributed by atoms with Gasteiger partial charge in [-0.05, 0) is 29.8 Å². The van der Waals surface area contributed by atoms with E-state index in [-0.39, 0.29) is 12.6 Å². The van der Waals surface area contributed by atoms with Gasteiger partial charge in [-0.3, -0.25) is 14.4 Å². The normalized spacial score (nSPS) is 19.2. The molecule has 0 saturated heterocycles. The molecule has 3 heterocycles. The van der Waals surface area contributed by atoms with Gasteiger partial charge in [-0.15, -0.1) is 4.58 Å². The van der Waals surface area contributed by atoms with Gasteiger partial charge in [0.25, 0.3) is 11.8 Å². The number of amides is 4. The van der Waals surface area contributed by atoms with Crippen molar-refractivity contribution in [1.82, 2.24) is 10.2 Å². The van der Waals surface area contributed by atoms with Gasteiger partial charge in [0, 0.05) is 5.56 Å². The summed E-state index contributed by atoms with van der Waals surface area (Å²) in [6.45, 7) is -0.273. The number of fused-ring (bicyclic) bond motifs is 2. The number of nitrogens with one attached hydrogen (secondary N) is 1. The van der Waals surface area contributed by atoms with Gasteiger partial charge in [0.2, 0.25) is 18.3 Å². The molecular formula is C27H18N3O4+. The Kier molecular flexibility index (Phi) is 4.38. The lowest BCUT2D eigenvalue weighted by atomic mass is 9.92. The number of rotatable bonds is 4. The molecule has 0 aliphatic carbocycles. The topological polar surface area (TPSA) is 86.6 Å². The maximum atomic E-state index is 13.8. The van der Waals surface area contributed by atoms with Gasteiger partial charge < -0.3 is 5.32 Å². The molecule has 1 unspecified atom stereocenters. The summed E-state index contributed by atoms with van der Waals surface area (Å²) >= 11 is 0. The third-order valence-electron chi connectivity index (χ3n) is 6.40. The summed E-state index contributed by atoms with van der Waals surface area (Å²) in [6.07, 6.45) is 0. The first-order valence-corrected chi connectivity index (χ1v) is 10.9. The molecule has 4 amide bonds. The quantitative estimate of drug-likeness (QED) is 0.491. The molecule has 3 aromatic carbocycles. The van der Waals surface area contributed by atoms with Crippen molar-refractivity contribution in [2.24, 2.45) is 5.92 Å². The Labute approximate surface area is 194 Å². The summed E-state index contributed by atoms with van der Waals surface area (Å²) in [5.74, 6) is -2.47. The number of nitrogens with zero attached hydrogens (tertiary/aromatic N) is 2. The fourth-order valence-corrected chi connectivity index (χ4v) is 4.85. The van der Waals surface area contributed by atoms with E-state index in [4.69, 9.17) is 0 Å². The van der Waals surface area contributed by atoms with Crippen LogP contribution in [0.1, 0.15) is 31.8 Å². The zero-order chi connectivity index (χ0) is 23.4. The van der Waals surface area contributed by atoms with Gasteiger partial charge in [0.1, 0.15) is 5.57 Å². The lowest BCUT2D eigenvalue weighted by Crippen LogP contribution is -2.40. The fourth-order valence-electron chi connectivity index (χ4n) is 4.85. The SMILES string of the molecule is O=C1NC(c2ccccc2)=C2C(=O)[N+](CN3C(=O)c4ccccc4C3=O)=C(c3ccccc3)C12. The van der Waals surface area contributed by atoms with Crippen LogP contribution in [0, 0.1) is 5.92 Å². The van der Waals surface area contributed by atoms with Crippen LogP contribution in [0.5, 0.6) is 0 Å². The second-order valence-electron chi connectivity index (χ2n) is 8.29. The lowest BCUT2D eigenvalue weighted by Gasteiger charge is -2.12. The Balaban J connectivity index is 1.50. The van der Waals surface area contributed by atoms with E-state index in [1.165, 1.54) is 4.58 Å². The van der Waals surface area contributed by atoms with E-state index in [0.29, 0.717) is 33.7 Å². The van der Waals surface area contributed by atoms with Crippen LogP contribution in [0.4, 0.5) is 0 Å². The summed E-state index contributed by atoms with van der Waals surface area (Å²) < 4.78 is 1.39. The first-order chi connectivity index (χ1) is 16.6. The molecule has 1 N–H and O–H groups in total. The maximum Gasteiger partial charge on any atom is 0.420 e. The molecule has 3 aromatic rings. The predicted molar refractivity (Wildman–Crippen MR) is 123 cm³/mol. The van der Waals surface area contributed by atoms with Gasteiger partial charge in [-0.25, -0.2) is 9.69 Å². The van der Waals surface area contributed by atoms with E-state index in [1.54, 1.807) is 24.3 Å². The predicted octanol–water partition coefficient (Wildman–Crippen LogP) is 2.44. The van der Waals surface area contributed by atoms with Crippen LogP contribution in [0.15, 0.2) is 90.5 Å². The van der Waals surface area contributed by atoms with Crippen molar-refractivity contribution in [3.8, 4) is 0 Å². The summed E-state index contributed by atoms with van der Waals surface area (Å²) in [7, 11) is 0. The number of hydrogen-bond acceptors (Lipinski definition) is 4. The molecule has 7 nitrogen and oxygen atoms in total. The van der Waals surface area contributed by atoms with E-state index in [0.717, 1.165) is 10.5 Å². The van der Waals surface area contributed by atoms with E-state index in [9.17, 15) is 19.2 Å². The number of hydrogen-bond donors (Lipinski definition) is 1. The van der Waals surface area contributed by atoms with Crippen LogP contribution in [0.3, 0.4) is 0 Å². The van der Waals surface area contributed by atoms with E-state index >= 15 is 0 Å². The molecule has 34 heavy (non-hydrogen) atoms. The molecule has 0 spiro atoms. The minimum Gasteiger partial charge on any atom is -0.324 e. The molecule has 3 aliphatic rings. The highest BCUT2D eigenvalue weighted by Gasteiger charge is 2.56. The first-order valence-electron chi connectivity index (χ1n) is 10.9. The molecular weight excluding hydrogens is 430 g/mol. The highest BCUT2D eigenvalue weighted by molar-refractivity contribution is 6.28. The molecule has 0 radical (unpaired) electrons. The van der Waals surface area contributed by atoms with Crippen LogP contribution in [0.2, 0.25) is 0 Å². The van der Waals surface area contributed by atoms with Crippen molar-refractivity contribution in [3.05, 3.63) is 113 Å². The van der Waals surface area contributed by atoms with Gasteiger partial charge in [0.05, 0.1) is 16.8 Å². The highest BCUT2D eigenvalue weighted by Crippen LogP contribution is 2.37. The Morgan fingerprint density at radius 1 is 0.706 bits per heavy atom. The first kappa shape index (κ1) is 20.0. The molecule has 0 fully saturated rings. The van der Waals surface area contributed by atoms with Crippen molar-refractivity contribution in [2.45, 2.75) is 0 Å². The molecule has 164 valence electrons. The number of benzene rings is 3. The smallest absolute Gasteiger partial charge is 0.324 e.